The van der Waals surface area contributed by atoms with E-state index in [1.807, 2.05) is 10.8 Å². The molecule has 22 heavy (non-hydrogen) atoms. The summed E-state index contributed by atoms with van der Waals surface area (Å²) in [5.41, 5.74) is 0.165. The highest BCUT2D eigenvalue weighted by atomic mass is 32.1. The Kier molecular flexibility index (Phi) is 4.87. The van der Waals surface area contributed by atoms with E-state index in [1.54, 1.807) is 39.0 Å². The Hall–Kier alpha value is -2.28. The highest BCUT2D eigenvalue weighted by Gasteiger charge is 2.17. The van der Waals surface area contributed by atoms with Crippen LogP contribution >= 0.6 is 11.3 Å². The number of hydrogen-bond acceptors (Lipinski definition) is 5. The molecule has 0 atom stereocenters. The molecule has 0 aromatic carbocycles. The Bertz CT molecular complexity index is 641. The number of hydrogen-bond donors (Lipinski definition) is 2. The van der Waals surface area contributed by atoms with Crippen molar-refractivity contribution in [2.24, 2.45) is 0 Å². The van der Waals surface area contributed by atoms with E-state index in [4.69, 9.17) is 9.15 Å². The van der Waals surface area contributed by atoms with Gasteiger partial charge in [-0.15, -0.1) is 0 Å². The van der Waals surface area contributed by atoms with Crippen LogP contribution in [0.4, 0.5) is 10.5 Å². The van der Waals surface area contributed by atoms with Gasteiger partial charge in [0.2, 0.25) is 0 Å². The van der Waals surface area contributed by atoms with Gasteiger partial charge in [-0.05, 0) is 44.4 Å². The molecule has 0 unspecified atom stereocenters. The average Bonchev–Trinajstić information content (AvgIpc) is 3.05. The summed E-state index contributed by atoms with van der Waals surface area (Å²) in [5, 5.41) is 8.98. The summed E-state index contributed by atoms with van der Waals surface area (Å²) in [7, 11) is 0. The fourth-order valence-electron chi connectivity index (χ4n) is 1.60. The number of alkyl carbamates (subject to hydrolysis) is 1. The van der Waals surface area contributed by atoms with Gasteiger partial charge in [-0.25, -0.2) is 4.79 Å². The standard InChI is InChI=1S/C15H18N2O4S/c1-15(2,3)21-14(19)16-8-11-4-5-12(20-11)13(18)17-10-6-7-22-9-10/h4-7,9H,8H2,1-3H3,(H,16,19)(H,17,18). The molecular formula is C15H18N2O4S. The first kappa shape index (κ1) is 16.1. The van der Waals surface area contributed by atoms with Gasteiger partial charge in [0.25, 0.3) is 5.91 Å². The third kappa shape index (κ3) is 4.92. The van der Waals surface area contributed by atoms with Crippen LogP contribution in [0.3, 0.4) is 0 Å². The number of nitrogens with one attached hydrogen (secondary N) is 2. The van der Waals surface area contributed by atoms with Crippen molar-refractivity contribution in [1.82, 2.24) is 5.32 Å². The molecule has 0 bridgehead atoms. The van der Waals surface area contributed by atoms with E-state index >= 15 is 0 Å². The number of rotatable bonds is 4. The molecule has 0 spiro atoms. The molecule has 0 aliphatic rings. The highest BCUT2D eigenvalue weighted by molar-refractivity contribution is 7.08. The first-order valence-electron chi connectivity index (χ1n) is 6.72. The highest BCUT2D eigenvalue weighted by Crippen LogP contribution is 2.15. The lowest BCUT2D eigenvalue weighted by Gasteiger charge is -2.19. The van der Waals surface area contributed by atoms with Gasteiger partial charge in [0.1, 0.15) is 11.4 Å². The summed E-state index contributed by atoms with van der Waals surface area (Å²) in [6.45, 7) is 5.51. The van der Waals surface area contributed by atoms with Crippen molar-refractivity contribution < 1.29 is 18.7 Å². The van der Waals surface area contributed by atoms with Gasteiger partial charge in [0.05, 0.1) is 12.2 Å². The molecule has 7 heteroatoms. The Morgan fingerprint density at radius 2 is 2.05 bits per heavy atom. The second-order valence-corrected chi connectivity index (χ2v) is 6.37. The third-order valence-electron chi connectivity index (χ3n) is 2.47. The zero-order chi connectivity index (χ0) is 16.2. The van der Waals surface area contributed by atoms with E-state index in [9.17, 15) is 9.59 Å². The van der Waals surface area contributed by atoms with Crippen LogP contribution < -0.4 is 10.6 Å². The number of anilines is 1. The smallest absolute Gasteiger partial charge is 0.408 e. The molecule has 2 rings (SSSR count). The van der Waals surface area contributed by atoms with Crippen LogP contribution in [-0.2, 0) is 11.3 Å². The largest absolute Gasteiger partial charge is 0.454 e. The monoisotopic (exact) mass is 322 g/mol. The van der Waals surface area contributed by atoms with Crippen LogP contribution in [0.25, 0.3) is 0 Å². The van der Waals surface area contributed by atoms with Crippen LogP contribution in [0, 0.1) is 0 Å². The second kappa shape index (κ2) is 6.65. The Labute approximate surface area is 132 Å². The average molecular weight is 322 g/mol. The molecule has 2 N–H and O–H groups in total. The van der Waals surface area contributed by atoms with Crippen molar-refractivity contribution in [3.05, 3.63) is 40.5 Å². The van der Waals surface area contributed by atoms with Crippen molar-refractivity contribution in [2.45, 2.75) is 32.9 Å². The van der Waals surface area contributed by atoms with Crippen molar-refractivity contribution in [3.8, 4) is 0 Å². The fraction of sp³-hybridized carbons (Fsp3) is 0.333. The quantitative estimate of drug-likeness (QED) is 0.901. The number of carbonyl (C=O) groups excluding carboxylic acids is 2. The molecular weight excluding hydrogens is 304 g/mol. The molecule has 2 amide bonds. The summed E-state index contributed by atoms with van der Waals surface area (Å²) in [5.74, 6) is 0.329. The molecule has 0 saturated carbocycles. The van der Waals surface area contributed by atoms with E-state index in [0.717, 1.165) is 5.69 Å². The third-order valence-corrected chi connectivity index (χ3v) is 3.15. The summed E-state index contributed by atoms with van der Waals surface area (Å²) < 4.78 is 10.5. The predicted molar refractivity (Wildman–Crippen MR) is 84.1 cm³/mol. The Balaban J connectivity index is 1.86. The first-order valence-corrected chi connectivity index (χ1v) is 7.67. The molecule has 0 saturated heterocycles. The lowest BCUT2D eigenvalue weighted by atomic mass is 10.2. The molecule has 2 aromatic heterocycles. The van der Waals surface area contributed by atoms with Gasteiger partial charge in [-0.2, -0.15) is 11.3 Å². The topological polar surface area (TPSA) is 80.6 Å². The molecule has 2 heterocycles. The SMILES string of the molecule is CC(C)(C)OC(=O)NCc1ccc(C(=O)Nc2ccsc2)o1. The minimum Gasteiger partial charge on any atom is -0.454 e. The molecule has 6 nitrogen and oxygen atoms in total. The number of furan rings is 1. The van der Waals surface area contributed by atoms with Gasteiger partial charge in [-0.3, -0.25) is 4.79 Å². The van der Waals surface area contributed by atoms with Crippen molar-refractivity contribution in [3.63, 3.8) is 0 Å². The molecule has 118 valence electrons. The maximum absolute atomic E-state index is 11.9. The van der Waals surface area contributed by atoms with Crippen molar-refractivity contribution in [1.29, 1.82) is 0 Å². The van der Waals surface area contributed by atoms with Gasteiger partial charge < -0.3 is 19.8 Å². The summed E-state index contributed by atoms with van der Waals surface area (Å²) >= 11 is 1.49. The van der Waals surface area contributed by atoms with Crippen LogP contribution in [0.15, 0.2) is 33.4 Å². The van der Waals surface area contributed by atoms with Gasteiger partial charge in [0.15, 0.2) is 5.76 Å². The van der Waals surface area contributed by atoms with Crippen molar-refractivity contribution in [2.75, 3.05) is 5.32 Å². The summed E-state index contributed by atoms with van der Waals surface area (Å²) in [4.78, 5) is 23.5. The van der Waals surface area contributed by atoms with Crippen LogP contribution in [0.5, 0.6) is 0 Å². The Morgan fingerprint density at radius 1 is 1.27 bits per heavy atom. The van der Waals surface area contributed by atoms with Crippen LogP contribution in [0.1, 0.15) is 37.1 Å². The molecule has 0 aliphatic carbocycles. The van der Waals surface area contributed by atoms with Crippen LogP contribution in [0.2, 0.25) is 0 Å². The van der Waals surface area contributed by atoms with Gasteiger partial charge in [0, 0.05) is 5.38 Å². The fourth-order valence-corrected chi connectivity index (χ4v) is 2.18. The summed E-state index contributed by atoms with van der Waals surface area (Å²) in [6, 6.07) is 5.00. The Morgan fingerprint density at radius 3 is 2.68 bits per heavy atom. The summed E-state index contributed by atoms with van der Waals surface area (Å²) in [6.07, 6.45) is -0.534. The molecule has 2 aromatic rings. The minimum atomic E-state index is -0.557. The maximum atomic E-state index is 11.9. The lowest BCUT2D eigenvalue weighted by Crippen LogP contribution is -2.32. The maximum Gasteiger partial charge on any atom is 0.408 e. The molecule has 0 aliphatic heterocycles. The zero-order valence-corrected chi connectivity index (χ0v) is 13.5. The van der Waals surface area contributed by atoms with E-state index in [-0.39, 0.29) is 18.2 Å². The normalized spacial score (nSPS) is 11.0. The van der Waals surface area contributed by atoms with Crippen molar-refractivity contribution >= 4 is 29.0 Å². The zero-order valence-electron chi connectivity index (χ0n) is 12.6. The van der Waals surface area contributed by atoms with Gasteiger partial charge in [-0.1, -0.05) is 0 Å². The number of carbonyl (C=O) groups is 2. The minimum absolute atomic E-state index is 0.153. The van der Waals surface area contributed by atoms with Gasteiger partial charge >= 0.3 is 6.09 Å². The van der Waals surface area contributed by atoms with E-state index < -0.39 is 11.7 Å². The first-order chi connectivity index (χ1) is 10.3. The number of ether oxygens (including phenoxy) is 1. The molecule has 0 radical (unpaired) electrons. The lowest BCUT2D eigenvalue weighted by molar-refractivity contribution is 0.0520. The van der Waals surface area contributed by atoms with E-state index in [0.29, 0.717) is 5.76 Å². The number of thiophene rings is 1. The van der Waals surface area contributed by atoms with E-state index in [2.05, 4.69) is 10.6 Å². The van der Waals surface area contributed by atoms with Crippen LogP contribution in [-0.4, -0.2) is 17.6 Å². The second-order valence-electron chi connectivity index (χ2n) is 5.59. The predicted octanol–water partition coefficient (Wildman–Crippen LogP) is 3.62. The molecule has 0 fully saturated rings. The van der Waals surface area contributed by atoms with E-state index in [1.165, 1.54) is 11.3 Å². The number of amides is 2.